The molecule has 0 aliphatic rings. The smallest absolute Gasteiger partial charge is 0.191 e. The van der Waals surface area contributed by atoms with Crippen LogP contribution in [0.2, 0.25) is 10.0 Å². The van der Waals surface area contributed by atoms with Gasteiger partial charge < -0.3 is 5.32 Å². The van der Waals surface area contributed by atoms with Crippen LogP contribution in [0.4, 0.5) is 5.69 Å². The molecule has 0 amide bonds. The van der Waals surface area contributed by atoms with Crippen molar-refractivity contribution in [2.24, 2.45) is 5.10 Å². The Kier molecular flexibility index (Phi) is 5.35. The summed E-state index contributed by atoms with van der Waals surface area (Å²) in [6.45, 7) is 0. The molecule has 6 heteroatoms. The Balaban J connectivity index is 1.87. The molecule has 0 radical (unpaired) electrons. The Morgan fingerprint density at radius 3 is 2.50 bits per heavy atom. The Bertz CT molecular complexity index is 627. The van der Waals surface area contributed by atoms with Gasteiger partial charge in [0.2, 0.25) is 0 Å². The maximum absolute atomic E-state index is 5.88. The second-order valence-corrected chi connectivity index (χ2v) is 5.17. The molecule has 0 saturated carbocycles. The number of halogens is 2. The summed E-state index contributed by atoms with van der Waals surface area (Å²) < 4.78 is 0. The highest BCUT2D eigenvalue weighted by atomic mass is 35.5. The molecular formula is C14H11Cl2N3S. The highest BCUT2D eigenvalue weighted by Crippen LogP contribution is 2.14. The third-order valence-corrected chi connectivity index (χ3v) is 3.01. The molecule has 0 saturated heterocycles. The standard InChI is InChI=1S/C14H11Cl2N3S/c15-11-6-4-10(5-7-11)9-17-19-14(20)18-13-3-1-2-12(16)8-13/h1-9H,(H2,18,19,20)/b17-9+. The first kappa shape index (κ1) is 14.8. The van der Waals surface area contributed by atoms with Crippen LogP contribution in [0.25, 0.3) is 0 Å². The summed E-state index contributed by atoms with van der Waals surface area (Å²) in [4.78, 5) is 0. The number of rotatable bonds is 3. The van der Waals surface area contributed by atoms with Gasteiger partial charge in [-0.2, -0.15) is 5.10 Å². The van der Waals surface area contributed by atoms with Crippen molar-refractivity contribution in [3.63, 3.8) is 0 Å². The Morgan fingerprint density at radius 1 is 1.05 bits per heavy atom. The molecule has 0 bridgehead atoms. The Hall–Kier alpha value is -1.62. The second-order valence-electron chi connectivity index (χ2n) is 3.89. The van der Waals surface area contributed by atoms with Gasteiger partial charge in [-0.15, -0.1) is 0 Å². The molecule has 0 aromatic heterocycles. The zero-order chi connectivity index (χ0) is 14.4. The number of benzene rings is 2. The van der Waals surface area contributed by atoms with E-state index in [1.807, 2.05) is 24.3 Å². The predicted molar refractivity (Wildman–Crippen MR) is 89.9 cm³/mol. The number of hydrazone groups is 1. The van der Waals surface area contributed by atoms with E-state index >= 15 is 0 Å². The van der Waals surface area contributed by atoms with Crippen molar-refractivity contribution < 1.29 is 0 Å². The lowest BCUT2D eigenvalue weighted by Crippen LogP contribution is -2.23. The van der Waals surface area contributed by atoms with Gasteiger partial charge in [0.15, 0.2) is 5.11 Å². The lowest BCUT2D eigenvalue weighted by molar-refractivity contribution is 1.05. The van der Waals surface area contributed by atoms with Crippen LogP contribution < -0.4 is 10.7 Å². The number of nitrogens with zero attached hydrogens (tertiary/aromatic N) is 1. The highest BCUT2D eigenvalue weighted by Gasteiger charge is 1.96. The fourth-order valence-corrected chi connectivity index (χ4v) is 1.93. The summed E-state index contributed by atoms with van der Waals surface area (Å²) in [5.74, 6) is 0. The minimum absolute atomic E-state index is 0.387. The topological polar surface area (TPSA) is 36.4 Å². The molecule has 2 rings (SSSR count). The lowest BCUT2D eigenvalue weighted by Gasteiger charge is -2.06. The van der Waals surface area contributed by atoms with Crippen LogP contribution in [0.15, 0.2) is 53.6 Å². The van der Waals surface area contributed by atoms with Gasteiger partial charge in [-0.1, -0.05) is 41.4 Å². The van der Waals surface area contributed by atoms with Crippen molar-refractivity contribution >= 4 is 52.4 Å². The monoisotopic (exact) mass is 323 g/mol. The number of hydrogen-bond donors (Lipinski definition) is 2. The zero-order valence-electron chi connectivity index (χ0n) is 10.3. The molecular weight excluding hydrogens is 313 g/mol. The van der Waals surface area contributed by atoms with Crippen molar-refractivity contribution in [2.75, 3.05) is 5.32 Å². The van der Waals surface area contributed by atoms with Crippen molar-refractivity contribution in [3.05, 3.63) is 64.1 Å². The van der Waals surface area contributed by atoms with Gasteiger partial charge in [-0.3, -0.25) is 5.43 Å². The van der Waals surface area contributed by atoms with Gasteiger partial charge >= 0.3 is 0 Å². The van der Waals surface area contributed by atoms with Crippen LogP contribution in [-0.4, -0.2) is 11.3 Å². The van der Waals surface area contributed by atoms with Crippen molar-refractivity contribution in [1.82, 2.24) is 5.43 Å². The zero-order valence-corrected chi connectivity index (χ0v) is 12.6. The number of anilines is 1. The molecule has 3 nitrogen and oxygen atoms in total. The van der Waals surface area contributed by atoms with Gasteiger partial charge in [-0.25, -0.2) is 0 Å². The molecule has 0 atom stereocenters. The number of nitrogens with one attached hydrogen (secondary N) is 2. The molecule has 2 aromatic rings. The van der Waals surface area contributed by atoms with Gasteiger partial charge in [-0.05, 0) is 48.1 Å². The van der Waals surface area contributed by atoms with Crippen molar-refractivity contribution in [3.8, 4) is 0 Å². The molecule has 0 aliphatic heterocycles. The van der Waals surface area contributed by atoms with Crippen LogP contribution in [0.1, 0.15) is 5.56 Å². The van der Waals surface area contributed by atoms with Crippen LogP contribution in [0, 0.1) is 0 Å². The average molecular weight is 324 g/mol. The van der Waals surface area contributed by atoms with Crippen LogP contribution in [0.3, 0.4) is 0 Å². The summed E-state index contributed by atoms with van der Waals surface area (Å²) in [7, 11) is 0. The van der Waals surface area contributed by atoms with E-state index in [2.05, 4.69) is 15.8 Å². The van der Waals surface area contributed by atoms with E-state index < -0.39 is 0 Å². The fourth-order valence-electron chi connectivity index (χ4n) is 1.44. The van der Waals surface area contributed by atoms with E-state index in [0.717, 1.165) is 11.3 Å². The highest BCUT2D eigenvalue weighted by molar-refractivity contribution is 7.80. The molecule has 20 heavy (non-hydrogen) atoms. The van der Waals surface area contributed by atoms with Crippen LogP contribution >= 0.6 is 35.4 Å². The summed E-state index contributed by atoms with van der Waals surface area (Å²) in [6.07, 6.45) is 1.66. The van der Waals surface area contributed by atoms with Gasteiger partial charge in [0.25, 0.3) is 0 Å². The van der Waals surface area contributed by atoms with E-state index in [4.69, 9.17) is 35.4 Å². The summed E-state index contributed by atoms with van der Waals surface area (Å²) in [6, 6.07) is 14.6. The normalized spacial score (nSPS) is 10.5. The van der Waals surface area contributed by atoms with Crippen LogP contribution in [-0.2, 0) is 0 Å². The minimum atomic E-state index is 0.387. The molecule has 2 N–H and O–H groups in total. The van der Waals surface area contributed by atoms with Crippen molar-refractivity contribution in [1.29, 1.82) is 0 Å². The Labute approximate surface area is 132 Å². The summed E-state index contributed by atoms with van der Waals surface area (Å²) in [5.41, 5.74) is 4.45. The van der Waals surface area contributed by atoms with E-state index in [0.29, 0.717) is 15.2 Å². The number of thiocarbonyl (C=S) groups is 1. The van der Waals surface area contributed by atoms with Crippen LogP contribution in [0.5, 0.6) is 0 Å². The third kappa shape index (κ3) is 4.81. The minimum Gasteiger partial charge on any atom is -0.331 e. The largest absolute Gasteiger partial charge is 0.331 e. The van der Waals surface area contributed by atoms with Gasteiger partial charge in [0, 0.05) is 15.7 Å². The maximum Gasteiger partial charge on any atom is 0.191 e. The van der Waals surface area contributed by atoms with Gasteiger partial charge in [0.1, 0.15) is 0 Å². The first-order valence-corrected chi connectivity index (χ1v) is 6.91. The van der Waals surface area contributed by atoms with E-state index in [1.54, 1.807) is 30.5 Å². The van der Waals surface area contributed by atoms with E-state index in [-0.39, 0.29) is 0 Å². The third-order valence-electron chi connectivity index (χ3n) is 2.33. The Morgan fingerprint density at radius 2 is 1.80 bits per heavy atom. The first-order valence-electron chi connectivity index (χ1n) is 5.75. The summed E-state index contributed by atoms with van der Waals surface area (Å²) >= 11 is 16.8. The molecule has 2 aromatic carbocycles. The molecule has 0 unspecified atom stereocenters. The molecule has 102 valence electrons. The predicted octanol–water partition coefficient (Wildman–Crippen LogP) is 4.31. The molecule has 0 fully saturated rings. The molecule has 0 heterocycles. The first-order chi connectivity index (χ1) is 9.63. The second kappa shape index (κ2) is 7.24. The lowest BCUT2D eigenvalue weighted by atomic mass is 10.2. The summed E-state index contributed by atoms with van der Waals surface area (Å²) in [5, 5.41) is 8.73. The van der Waals surface area contributed by atoms with Gasteiger partial charge in [0.05, 0.1) is 6.21 Å². The van der Waals surface area contributed by atoms with E-state index in [1.165, 1.54) is 0 Å². The van der Waals surface area contributed by atoms with Crippen molar-refractivity contribution in [2.45, 2.75) is 0 Å². The average Bonchev–Trinajstić information content (AvgIpc) is 2.41. The molecule has 0 aliphatic carbocycles. The molecule has 0 spiro atoms. The SMILES string of the molecule is S=C(N/N=C/c1ccc(Cl)cc1)Nc1cccc(Cl)c1. The maximum atomic E-state index is 5.88. The quantitative estimate of drug-likeness (QED) is 0.502. The fraction of sp³-hybridized carbons (Fsp3) is 0. The van der Waals surface area contributed by atoms with E-state index in [9.17, 15) is 0 Å². The number of hydrogen-bond acceptors (Lipinski definition) is 2.